The molecule has 2 aromatic rings. The van der Waals surface area contributed by atoms with Crippen molar-refractivity contribution in [3.8, 4) is 10.4 Å². The van der Waals surface area contributed by atoms with Crippen LogP contribution in [0.25, 0.3) is 10.4 Å². The van der Waals surface area contributed by atoms with E-state index < -0.39 is 5.97 Å². The van der Waals surface area contributed by atoms with Crippen LogP contribution in [0, 0.1) is 5.92 Å². The number of aliphatic carboxylic acids is 1. The van der Waals surface area contributed by atoms with Crippen LogP contribution in [0.2, 0.25) is 0 Å². The topological polar surface area (TPSA) is 40.5 Å². The lowest BCUT2D eigenvalue weighted by molar-refractivity contribution is -0.145. The van der Waals surface area contributed by atoms with E-state index in [2.05, 4.69) is 45.1 Å². The van der Waals surface area contributed by atoms with Crippen LogP contribution in [0.4, 0.5) is 0 Å². The fourth-order valence-electron chi connectivity index (χ4n) is 3.24. The Morgan fingerprint density at radius 1 is 1.35 bits per heavy atom. The largest absolute Gasteiger partial charge is 0.481 e. The number of hydrogen-bond acceptors (Lipinski definition) is 3. The molecule has 0 spiro atoms. The van der Waals surface area contributed by atoms with Gasteiger partial charge in [-0.3, -0.25) is 9.69 Å². The number of halogens is 1. The predicted molar refractivity (Wildman–Crippen MR) is 97.7 cm³/mol. The van der Waals surface area contributed by atoms with E-state index in [0.717, 1.165) is 30.4 Å². The Morgan fingerprint density at radius 2 is 2.13 bits per heavy atom. The summed E-state index contributed by atoms with van der Waals surface area (Å²) >= 11 is 5.39. The summed E-state index contributed by atoms with van der Waals surface area (Å²) < 4.78 is 1.10. The summed E-state index contributed by atoms with van der Waals surface area (Å²) in [5.74, 6) is -0.909. The molecule has 0 radical (unpaired) electrons. The lowest BCUT2D eigenvalue weighted by atomic mass is 9.90. The van der Waals surface area contributed by atoms with Crippen LogP contribution in [0.5, 0.6) is 0 Å². The summed E-state index contributed by atoms with van der Waals surface area (Å²) in [6, 6.07) is 12.6. The minimum absolute atomic E-state index is 0.0928. The molecule has 2 atom stereocenters. The zero-order valence-electron chi connectivity index (χ0n) is 13.0. The van der Waals surface area contributed by atoms with Crippen LogP contribution >= 0.6 is 27.3 Å². The summed E-state index contributed by atoms with van der Waals surface area (Å²) in [5, 5.41) is 9.35. The number of thiophene rings is 1. The van der Waals surface area contributed by atoms with Gasteiger partial charge in [0.1, 0.15) is 0 Å². The molecule has 1 aromatic heterocycles. The van der Waals surface area contributed by atoms with Gasteiger partial charge in [0.15, 0.2) is 0 Å². The Hall–Kier alpha value is -1.17. The van der Waals surface area contributed by atoms with Gasteiger partial charge in [0.25, 0.3) is 0 Å². The highest BCUT2D eigenvalue weighted by atomic mass is 79.9. The van der Waals surface area contributed by atoms with E-state index in [-0.39, 0.29) is 12.0 Å². The van der Waals surface area contributed by atoms with Gasteiger partial charge in [0, 0.05) is 32.4 Å². The highest BCUT2D eigenvalue weighted by Gasteiger charge is 2.32. The molecule has 1 saturated heterocycles. The third-order valence-electron chi connectivity index (χ3n) is 4.60. The second-order valence-corrected chi connectivity index (χ2v) is 8.07. The number of nitrogens with zero attached hydrogens (tertiary/aromatic N) is 1. The highest BCUT2D eigenvalue weighted by molar-refractivity contribution is 9.10. The first-order valence-corrected chi connectivity index (χ1v) is 9.47. The van der Waals surface area contributed by atoms with Gasteiger partial charge >= 0.3 is 5.97 Å². The third kappa shape index (κ3) is 3.67. The Balaban J connectivity index is 1.74. The first kappa shape index (κ1) is 16.7. The molecule has 23 heavy (non-hydrogen) atoms. The quantitative estimate of drug-likeness (QED) is 0.805. The molecule has 0 saturated carbocycles. The lowest BCUT2D eigenvalue weighted by Gasteiger charge is -2.37. The van der Waals surface area contributed by atoms with Crippen molar-refractivity contribution in [1.82, 2.24) is 4.90 Å². The van der Waals surface area contributed by atoms with Crippen LogP contribution in [-0.2, 0) is 11.3 Å². The third-order valence-corrected chi connectivity index (χ3v) is 6.39. The average molecular weight is 394 g/mol. The molecule has 1 aliphatic heterocycles. The summed E-state index contributed by atoms with van der Waals surface area (Å²) in [7, 11) is 0. The fraction of sp³-hybridized carbons (Fsp3) is 0.389. The number of benzene rings is 1. The SMILES string of the molecule is C[C@@H]1[C@H](C(=O)O)CCCN1Cc1ccc(-c2ccccc2Br)s1. The summed E-state index contributed by atoms with van der Waals surface area (Å²) in [5.41, 5.74) is 1.21. The smallest absolute Gasteiger partial charge is 0.308 e. The minimum atomic E-state index is -0.665. The molecule has 1 aliphatic rings. The van der Waals surface area contributed by atoms with E-state index in [9.17, 15) is 9.90 Å². The number of carbonyl (C=O) groups is 1. The Morgan fingerprint density at radius 3 is 2.87 bits per heavy atom. The standard InChI is InChI=1S/C18H20BrNO2S/c1-12-14(18(21)22)6-4-10-20(12)11-13-8-9-17(23-13)15-5-2-3-7-16(15)19/h2-3,5,7-9,12,14H,4,6,10-11H2,1H3,(H,21,22)/t12-,14-/m1/s1. The van der Waals surface area contributed by atoms with Crippen LogP contribution in [0.15, 0.2) is 40.9 Å². The molecule has 1 N–H and O–H groups in total. The van der Waals surface area contributed by atoms with Crippen molar-refractivity contribution in [3.05, 3.63) is 45.7 Å². The zero-order chi connectivity index (χ0) is 16.4. The Bertz CT molecular complexity index is 700. The molecule has 3 nitrogen and oxygen atoms in total. The Labute approximate surface area is 149 Å². The number of hydrogen-bond donors (Lipinski definition) is 1. The molecule has 0 amide bonds. The van der Waals surface area contributed by atoms with Gasteiger partial charge in [0.05, 0.1) is 5.92 Å². The molecule has 1 aromatic carbocycles. The maximum atomic E-state index is 11.4. The highest BCUT2D eigenvalue weighted by Crippen LogP contribution is 2.35. The van der Waals surface area contributed by atoms with E-state index >= 15 is 0 Å². The van der Waals surface area contributed by atoms with E-state index in [1.807, 2.05) is 19.1 Å². The van der Waals surface area contributed by atoms with Crippen LogP contribution in [0.3, 0.4) is 0 Å². The molecule has 0 aliphatic carbocycles. The van der Waals surface area contributed by atoms with Gasteiger partial charge in [-0.25, -0.2) is 0 Å². The second-order valence-electron chi connectivity index (χ2n) is 6.04. The number of carboxylic acids is 1. The second kappa shape index (κ2) is 7.16. The first-order valence-electron chi connectivity index (χ1n) is 7.86. The van der Waals surface area contributed by atoms with Crippen molar-refractivity contribution in [2.45, 2.75) is 32.4 Å². The molecule has 3 rings (SSSR count). The summed E-state index contributed by atoms with van der Waals surface area (Å²) in [6.45, 7) is 3.85. The fourth-order valence-corrected chi connectivity index (χ4v) is 4.94. The average Bonchev–Trinajstić information content (AvgIpc) is 2.98. The van der Waals surface area contributed by atoms with E-state index in [1.54, 1.807) is 11.3 Å². The van der Waals surface area contributed by atoms with Crippen LogP contribution in [0.1, 0.15) is 24.6 Å². The van der Waals surface area contributed by atoms with E-state index in [0.29, 0.717) is 0 Å². The molecule has 0 unspecified atom stereocenters. The zero-order valence-corrected chi connectivity index (χ0v) is 15.4. The number of piperidine rings is 1. The van der Waals surface area contributed by atoms with Crippen LogP contribution < -0.4 is 0 Å². The maximum Gasteiger partial charge on any atom is 0.308 e. The molecule has 1 fully saturated rings. The molecule has 5 heteroatoms. The van der Waals surface area contributed by atoms with Gasteiger partial charge < -0.3 is 5.11 Å². The predicted octanol–water partition coefficient (Wildman–Crippen LogP) is 4.86. The van der Waals surface area contributed by atoms with Crippen molar-refractivity contribution in [3.63, 3.8) is 0 Å². The van der Waals surface area contributed by atoms with Gasteiger partial charge in [0.2, 0.25) is 0 Å². The van der Waals surface area contributed by atoms with Gasteiger partial charge in [-0.2, -0.15) is 0 Å². The van der Waals surface area contributed by atoms with Crippen molar-refractivity contribution in [2.75, 3.05) is 6.54 Å². The molecule has 0 bridgehead atoms. The normalized spacial score (nSPS) is 22.2. The molecule has 122 valence electrons. The Kier molecular flexibility index (Phi) is 5.19. The van der Waals surface area contributed by atoms with Crippen molar-refractivity contribution in [2.24, 2.45) is 5.92 Å². The maximum absolute atomic E-state index is 11.4. The minimum Gasteiger partial charge on any atom is -0.481 e. The summed E-state index contributed by atoms with van der Waals surface area (Å²) in [6.07, 6.45) is 1.75. The van der Waals surface area contributed by atoms with Crippen LogP contribution in [-0.4, -0.2) is 28.6 Å². The lowest BCUT2D eigenvalue weighted by Crippen LogP contribution is -2.45. The number of rotatable bonds is 4. The summed E-state index contributed by atoms with van der Waals surface area (Å²) in [4.78, 5) is 16.2. The molecular weight excluding hydrogens is 374 g/mol. The van der Waals surface area contributed by atoms with E-state index in [1.165, 1.54) is 15.3 Å². The number of likely N-dealkylation sites (tertiary alicyclic amines) is 1. The van der Waals surface area contributed by atoms with Crippen molar-refractivity contribution in [1.29, 1.82) is 0 Å². The monoisotopic (exact) mass is 393 g/mol. The van der Waals surface area contributed by atoms with Gasteiger partial charge in [-0.05, 0) is 44.5 Å². The van der Waals surface area contributed by atoms with Gasteiger partial charge in [-0.15, -0.1) is 11.3 Å². The molecular formula is C18H20BrNO2S. The number of carboxylic acid groups (broad SMARTS) is 1. The van der Waals surface area contributed by atoms with Crippen molar-refractivity contribution >= 4 is 33.2 Å². The van der Waals surface area contributed by atoms with Gasteiger partial charge in [-0.1, -0.05) is 34.1 Å². The first-order chi connectivity index (χ1) is 11.1. The van der Waals surface area contributed by atoms with E-state index in [4.69, 9.17) is 0 Å². The molecule has 2 heterocycles. The van der Waals surface area contributed by atoms with Crippen molar-refractivity contribution < 1.29 is 9.90 Å².